The van der Waals surface area contributed by atoms with E-state index in [0.717, 1.165) is 17.1 Å². The van der Waals surface area contributed by atoms with Crippen LogP contribution in [-0.2, 0) is 0 Å². The van der Waals surface area contributed by atoms with Crippen LogP contribution in [0, 0.1) is 0 Å². The van der Waals surface area contributed by atoms with Gasteiger partial charge in [-0.3, -0.25) is 0 Å². The van der Waals surface area contributed by atoms with Gasteiger partial charge in [0.1, 0.15) is 0 Å². The lowest BCUT2D eigenvalue weighted by Crippen LogP contribution is -2.09. The largest absolute Gasteiger partial charge is 0.311 e. The lowest BCUT2D eigenvalue weighted by molar-refractivity contribution is 1.28. The maximum Gasteiger partial charge on any atom is 0.0462 e. The highest BCUT2D eigenvalue weighted by molar-refractivity contribution is 6.21. The van der Waals surface area contributed by atoms with Gasteiger partial charge in [-0.25, -0.2) is 0 Å². The molecule has 1 heteroatoms. The average molecular weight is 600 g/mol. The molecule has 0 saturated carbocycles. The van der Waals surface area contributed by atoms with Gasteiger partial charge in [0.05, 0.1) is 0 Å². The molecule has 8 aromatic carbocycles. The predicted octanol–water partition coefficient (Wildman–Crippen LogP) is 13.0. The van der Waals surface area contributed by atoms with Crippen molar-refractivity contribution in [1.82, 2.24) is 0 Å². The van der Waals surface area contributed by atoms with Crippen LogP contribution in [0.5, 0.6) is 0 Å². The van der Waals surface area contributed by atoms with Crippen LogP contribution >= 0.6 is 0 Å². The fourth-order valence-corrected chi connectivity index (χ4v) is 6.65. The molecule has 0 aliphatic carbocycles. The first-order chi connectivity index (χ1) is 23.3. The van der Waals surface area contributed by atoms with Crippen molar-refractivity contribution in [3.8, 4) is 22.3 Å². The van der Waals surface area contributed by atoms with E-state index in [4.69, 9.17) is 0 Å². The molecule has 0 aromatic heterocycles. The van der Waals surface area contributed by atoms with Gasteiger partial charge in [-0.05, 0) is 91.3 Å². The van der Waals surface area contributed by atoms with Gasteiger partial charge in [0.15, 0.2) is 0 Å². The molecular formula is C46H33N. The number of rotatable bonds is 7. The molecule has 0 bridgehead atoms. The van der Waals surface area contributed by atoms with E-state index in [2.05, 4.69) is 199 Å². The minimum atomic E-state index is 1.11. The minimum Gasteiger partial charge on any atom is -0.311 e. The second kappa shape index (κ2) is 12.7. The molecule has 1 nitrogen and oxygen atoms in total. The zero-order valence-electron chi connectivity index (χ0n) is 26.0. The molecule has 0 radical (unpaired) electrons. The highest BCUT2D eigenvalue weighted by atomic mass is 15.1. The van der Waals surface area contributed by atoms with Crippen molar-refractivity contribution in [2.45, 2.75) is 0 Å². The summed E-state index contributed by atoms with van der Waals surface area (Å²) in [6, 6.07) is 67.3. The molecule has 0 saturated heterocycles. The first-order valence-corrected chi connectivity index (χ1v) is 16.1. The lowest BCUT2D eigenvalue weighted by Gasteiger charge is -2.26. The van der Waals surface area contributed by atoms with Gasteiger partial charge >= 0.3 is 0 Å². The molecule has 0 aliphatic rings. The Balaban J connectivity index is 1.21. The van der Waals surface area contributed by atoms with Gasteiger partial charge in [-0.1, -0.05) is 164 Å². The number of para-hydroxylation sites is 1. The van der Waals surface area contributed by atoms with Gasteiger partial charge in [0.2, 0.25) is 0 Å². The Morgan fingerprint density at radius 1 is 0.277 bits per heavy atom. The van der Waals surface area contributed by atoms with Crippen molar-refractivity contribution in [2.75, 3.05) is 4.90 Å². The van der Waals surface area contributed by atoms with Crippen molar-refractivity contribution < 1.29 is 0 Å². The summed E-state index contributed by atoms with van der Waals surface area (Å²) in [5.74, 6) is 0. The zero-order chi connectivity index (χ0) is 31.4. The van der Waals surface area contributed by atoms with E-state index < -0.39 is 0 Å². The van der Waals surface area contributed by atoms with E-state index in [-0.39, 0.29) is 0 Å². The number of benzene rings is 8. The molecule has 0 fully saturated rings. The quantitative estimate of drug-likeness (QED) is 0.130. The zero-order valence-corrected chi connectivity index (χ0v) is 26.0. The van der Waals surface area contributed by atoms with Crippen LogP contribution in [0.25, 0.3) is 56.0 Å². The van der Waals surface area contributed by atoms with Gasteiger partial charge in [-0.2, -0.15) is 0 Å². The molecule has 0 heterocycles. The van der Waals surface area contributed by atoms with E-state index in [1.54, 1.807) is 0 Å². The minimum absolute atomic E-state index is 1.11. The maximum absolute atomic E-state index is 2.32. The Morgan fingerprint density at radius 2 is 0.617 bits per heavy atom. The van der Waals surface area contributed by atoms with Crippen LogP contribution in [0.1, 0.15) is 11.1 Å². The standard InChI is InChI=1S/C46H33N/c1-4-14-34(15-5-1)24-25-35-26-30-39(31-27-35)47(38-18-8-3-9-19-38)40-32-28-37(29-33-40)46-43-22-12-10-20-41(43)45(36-16-6-2-7-17-36)42-21-11-13-23-44(42)46/h1-33H/b25-24-. The van der Waals surface area contributed by atoms with E-state index in [1.807, 2.05) is 6.07 Å². The van der Waals surface area contributed by atoms with Crippen LogP contribution in [-0.4, -0.2) is 0 Å². The van der Waals surface area contributed by atoms with Gasteiger partial charge < -0.3 is 4.90 Å². The molecule has 0 spiro atoms. The average Bonchev–Trinajstić information content (AvgIpc) is 3.15. The summed E-state index contributed by atoms with van der Waals surface area (Å²) in [5, 5.41) is 5.06. The summed E-state index contributed by atoms with van der Waals surface area (Å²) in [6.45, 7) is 0. The molecule has 47 heavy (non-hydrogen) atoms. The van der Waals surface area contributed by atoms with Crippen LogP contribution in [0.15, 0.2) is 188 Å². The van der Waals surface area contributed by atoms with Crippen molar-refractivity contribution >= 4 is 50.8 Å². The van der Waals surface area contributed by atoms with E-state index in [0.29, 0.717) is 0 Å². The fraction of sp³-hybridized carbons (Fsp3) is 0. The Hall–Kier alpha value is -6.18. The number of hydrogen-bond donors (Lipinski definition) is 0. The third kappa shape index (κ3) is 5.60. The summed E-state index contributed by atoms with van der Waals surface area (Å²) in [5.41, 5.74) is 10.7. The van der Waals surface area contributed by atoms with Crippen molar-refractivity contribution in [3.05, 3.63) is 199 Å². The third-order valence-corrected chi connectivity index (χ3v) is 8.84. The second-order valence-corrected chi connectivity index (χ2v) is 11.8. The second-order valence-electron chi connectivity index (χ2n) is 11.8. The van der Waals surface area contributed by atoms with Crippen LogP contribution in [0.3, 0.4) is 0 Å². The molecule has 0 atom stereocenters. The number of hydrogen-bond acceptors (Lipinski definition) is 1. The highest BCUT2D eigenvalue weighted by Crippen LogP contribution is 2.44. The molecule has 0 amide bonds. The molecular weight excluding hydrogens is 567 g/mol. The normalized spacial score (nSPS) is 11.3. The Morgan fingerprint density at radius 3 is 1.11 bits per heavy atom. The first kappa shape index (κ1) is 28.3. The Labute approximate surface area is 276 Å². The van der Waals surface area contributed by atoms with Crippen LogP contribution < -0.4 is 4.90 Å². The maximum atomic E-state index is 2.32. The number of nitrogens with zero attached hydrogens (tertiary/aromatic N) is 1. The predicted molar refractivity (Wildman–Crippen MR) is 202 cm³/mol. The topological polar surface area (TPSA) is 3.24 Å². The van der Waals surface area contributed by atoms with E-state index >= 15 is 0 Å². The SMILES string of the molecule is C(=C/c1ccc(N(c2ccccc2)c2ccc(-c3c4ccccc4c(-c4ccccc4)c4ccccc34)cc2)cc1)/c1ccccc1. The molecule has 8 aromatic rings. The van der Waals surface area contributed by atoms with Gasteiger partial charge in [-0.15, -0.1) is 0 Å². The number of anilines is 3. The van der Waals surface area contributed by atoms with Crippen LogP contribution in [0.2, 0.25) is 0 Å². The lowest BCUT2D eigenvalue weighted by atomic mass is 9.86. The highest BCUT2D eigenvalue weighted by Gasteiger charge is 2.17. The smallest absolute Gasteiger partial charge is 0.0462 e. The molecule has 0 aliphatic heterocycles. The molecule has 0 N–H and O–H groups in total. The van der Waals surface area contributed by atoms with Crippen LogP contribution in [0.4, 0.5) is 17.1 Å². The molecule has 222 valence electrons. The molecule has 8 rings (SSSR count). The van der Waals surface area contributed by atoms with Crippen molar-refractivity contribution in [2.24, 2.45) is 0 Å². The van der Waals surface area contributed by atoms with Crippen molar-refractivity contribution in [3.63, 3.8) is 0 Å². The number of fused-ring (bicyclic) bond motifs is 2. The summed E-state index contributed by atoms with van der Waals surface area (Å²) in [7, 11) is 0. The van der Waals surface area contributed by atoms with Gasteiger partial charge in [0, 0.05) is 17.1 Å². The monoisotopic (exact) mass is 599 g/mol. The summed E-state index contributed by atoms with van der Waals surface area (Å²) in [4.78, 5) is 2.32. The summed E-state index contributed by atoms with van der Waals surface area (Å²) < 4.78 is 0. The van der Waals surface area contributed by atoms with Gasteiger partial charge in [0.25, 0.3) is 0 Å². The summed E-state index contributed by atoms with van der Waals surface area (Å²) in [6.07, 6.45) is 4.32. The molecule has 0 unspecified atom stereocenters. The Bertz CT molecular complexity index is 2250. The third-order valence-electron chi connectivity index (χ3n) is 8.84. The van der Waals surface area contributed by atoms with Crippen molar-refractivity contribution in [1.29, 1.82) is 0 Å². The van der Waals surface area contributed by atoms with E-state index in [9.17, 15) is 0 Å². The first-order valence-electron chi connectivity index (χ1n) is 16.1. The fourth-order valence-electron chi connectivity index (χ4n) is 6.65. The summed E-state index contributed by atoms with van der Waals surface area (Å²) >= 11 is 0. The Kier molecular flexibility index (Phi) is 7.63. The van der Waals surface area contributed by atoms with E-state index in [1.165, 1.54) is 54.9 Å².